The van der Waals surface area contributed by atoms with Crippen molar-refractivity contribution in [1.82, 2.24) is 5.01 Å². The van der Waals surface area contributed by atoms with Crippen LogP contribution in [0.3, 0.4) is 0 Å². The number of aliphatic carboxylic acids is 1. The van der Waals surface area contributed by atoms with E-state index >= 15 is 0 Å². The summed E-state index contributed by atoms with van der Waals surface area (Å²) in [5, 5.41) is 25.7. The van der Waals surface area contributed by atoms with Crippen LogP contribution in [0.15, 0.2) is 77.7 Å². The molecule has 12 heteroatoms. The third-order valence-corrected chi connectivity index (χ3v) is 5.84. The number of primary sulfonamides is 1. The Hall–Kier alpha value is -4.42. The van der Waals surface area contributed by atoms with Gasteiger partial charge in [-0.1, -0.05) is 42.5 Å². The number of amides is 2. The smallest absolute Gasteiger partial charge is 0.340 e. The first-order valence-corrected chi connectivity index (χ1v) is 11.8. The van der Waals surface area contributed by atoms with Crippen molar-refractivity contribution in [2.24, 2.45) is 10.9 Å². The second kappa shape index (κ2) is 10.7. The van der Waals surface area contributed by atoms with Gasteiger partial charge in [0.15, 0.2) is 0 Å². The fourth-order valence-electron chi connectivity index (χ4n) is 3.21. The van der Waals surface area contributed by atoms with E-state index in [1.54, 1.807) is 66.7 Å². The summed E-state index contributed by atoms with van der Waals surface area (Å²) in [6.45, 7) is -0.148. The number of nitrogens with zero attached hydrogens (tertiary/aromatic N) is 1. The average Bonchev–Trinajstić information content (AvgIpc) is 2.81. The molecule has 0 aliphatic heterocycles. The van der Waals surface area contributed by atoms with Gasteiger partial charge in [-0.2, -0.15) is 0 Å². The van der Waals surface area contributed by atoms with E-state index in [1.807, 2.05) is 0 Å². The van der Waals surface area contributed by atoms with Crippen molar-refractivity contribution in [3.63, 3.8) is 0 Å². The number of hydrogen-bond acceptors (Lipinski definition) is 6. The Labute approximate surface area is 201 Å². The predicted molar refractivity (Wildman–Crippen MR) is 132 cm³/mol. The number of urea groups is 1. The maximum atomic E-state index is 12.9. The Morgan fingerprint density at radius 2 is 1.66 bits per heavy atom. The first kappa shape index (κ1) is 25.2. The number of carbonyl (C=O) groups excluding carboxylic acids is 1. The summed E-state index contributed by atoms with van der Waals surface area (Å²) >= 11 is 0. The zero-order valence-corrected chi connectivity index (χ0v) is 19.2. The monoisotopic (exact) mass is 496 g/mol. The molecule has 0 saturated carbocycles. The highest BCUT2D eigenvalue weighted by Crippen LogP contribution is 2.27. The van der Waals surface area contributed by atoms with E-state index in [0.717, 1.165) is 5.01 Å². The van der Waals surface area contributed by atoms with Gasteiger partial charge in [0.25, 0.3) is 0 Å². The molecule has 0 saturated heterocycles. The highest BCUT2D eigenvalue weighted by molar-refractivity contribution is 7.89. The second-order valence-electron chi connectivity index (χ2n) is 7.45. The Kier molecular flexibility index (Phi) is 7.69. The van der Waals surface area contributed by atoms with Gasteiger partial charge in [-0.25, -0.2) is 23.4 Å². The molecular weight excluding hydrogens is 472 g/mol. The number of nitrogens with two attached hydrogens (primary N) is 2. The number of sulfonamides is 1. The second-order valence-corrected chi connectivity index (χ2v) is 8.98. The number of rotatable bonds is 9. The third-order valence-electron chi connectivity index (χ3n) is 4.87. The van der Waals surface area contributed by atoms with Crippen LogP contribution in [0, 0.1) is 5.41 Å². The molecule has 0 aliphatic carbocycles. The quantitative estimate of drug-likeness (QED) is 0.149. The Bertz CT molecular complexity index is 1360. The van der Waals surface area contributed by atoms with Crippen molar-refractivity contribution in [2.75, 3.05) is 17.3 Å². The third kappa shape index (κ3) is 6.79. The van der Waals surface area contributed by atoms with Gasteiger partial charge in [-0.3, -0.25) is 15.6 Å². The van der Waals surface area contributed by atoms with E-state index in [2.05, 4.69) is 10.7 Å². The fourth-order valence-corrected chi connectivity index (χ4v) is 3.97. The van der Waals surface area contributed by atoms with Gasteiger partial charge >= 0.3 is 12.0 Å². The van der Waals surface area contributed by atoms with Crippen LogP contribution in [0.4, 0.5) is 16.2 Å². The largest absolute Gasteiger partial charge is 0.481 e. The molecule has 3 rings (SSSR count). The van der Waals surface area contributed by atoms with Gasteiger partial charge in [-0.05, 0) is 35.9 Å². The number of anilines is 2. The van der Waals surface area contributed by atoms with Gasteiger partial charge in [0.05, 0.1) is 23.5 Å². The molecule has 0 fully saturated rings. The van der Waals surface area contributed by atoms with E-state index in [1.165, 1.54) is 6.07 Å². The Balaban J connectivity index is 1.79. The van der Waals surface area contributed by atoms with Crippen molar-refractivity contribution in [1.29, 1.82) is 5.41 Å². The number of amidine groups is 1. The summed E-state index contributed by atoms with van der Waals surface area (Å²) in [5.74, 6) is -1.24. The lowest BCUT2D eigenvalue weighted by Gasteiger charge is -2.24. The van der Waals surface area contributed by atoms with Crippen molar-refractivity contribution in [3.05, 3.63) is 78.4 Å². The van der Waals surface area contributed by atoms with Crippen LogP contribution in [0.2, 0.25) is 0 Å². The predicted octanol–water partition coefficient (Wildman–Crippen LogP) is 2.62. The van der Waals surface area contributed by atoms with Gasteiger partial charge in [0.2, 0.25) is 10.0 Å². The van der Waals surface area contributed by atoms with E-state index in [0.29, 0.717) is 28.1 Å². The van der Waals surface area contributed by atoms with E-state index in [9.17, 15) is 18.0 Å². The first-order valence-electron chi connectivity index (χ1n) is 10.3. The number of nitrogens with one attached hydrogen (secondary N) is 3. The summed E-state index contributed by atoms with van der Waals surface area (Å²) in [7, 11) is -3.93. The molecule has 0 aliphatic rings. The summed E-state index contributed by atoms with van der Waals surface area (Å²) in [6.07, 6.45) is -0.309. The van der Waals surface area contributed by atoms with Crippen LogP contribution in [0.25, 0.3) is 11.1 Å². The molecule has 0 aromatic heterocycles. The van der Waals surface area contributed by atoms with Crippen molar-refractivity contribution < 1.29 is 23.1 Å². The Morgan fingerprint density at radius 3 is 2.29 bits per heavy atom. The molecule has 0 unspecified atom stereocenters. The highest BCUT2D eigenvalue weighted by atomic mass is 32.2. The molecule has 0 radical (unpaired) electrons. The maximum Gasteiger partial charge on any atom is 0.340 e. The topological polar surface area (TPSA) is 192 Å². The van der Waals surface area contributed by atoms with E-state index in [-0.39, 0.29) is 23.7 Å². The number of benzene rings is 3. The number of carboxylic acids is 1. The lowest BCUT2D eigenvalue weighted by molar-refractivity contribution is -0.137. The minimum absolute atomic E-state index is 0.0198. The standard InChI is InChI=1S/C23H24N6O5S/c24-22(25)16-4-3-5-18(14-16)28-29(13-12-21(30)31)23(32)27-17-10-8-15(9-11-17)19-6-1-2-7-20(19)35(26,33)34/h1-11,14,28H,12-13H2,(H3,24,25)(H,27,32)(H,30,31)(H2,26,33,34). The van der Waals surface area contributed by atoms with Crippen LogP contribution in [0.5, 0.6) is 0 Å². The fraction of sp³-hybridized carbons (Fsp3) is 0.0870. The van der Waals surface area contributed by atoms with Crippen LogP contribution in [0.1, 0.15) is 12.0 Å². The summed E-state index contributed by atoms with van der Waals surface area (Å²) in [4.78, 5) is 23.9. The van der Waals surface area contributed by atoms with Gasteiger partial charge in [0, 0.05) is 16.8 Å². The minimum atomic E-state index is -3.93. The van der Waals surface area contributed by atoms with Crippen molar-refractivity contribution in [3.8, 4) is 11.1 Å². The highest BCUT2D eigenvalue weighted by Gasteiger charge is 2.17. The SMILES string of the molecule is N=C(N)c1cccc(NN(CCC(=O)O)C(=O)Nc2ccc(-c3ccccc3S(N)(=O)=O)cc2)c1. The lowest BCUT2D eigenvalue weighted by Crippen LogP contribution is -2.40. The number of carbonyl (C=O) groups is 2. The Morgan fingerprint density at radius 1 is 0.971 bits per heavy atom. The molecular formula is C23H24N6O5S. The molecule has 0 spiro atoms. The molecule has 182 valence electrons. The molecule has 11 nitrogen and oxygen atoms in total. The molecule has 0 heterocycles. The average molecular weight is 497 g/mol. The number of hydrogen-bond donors (Lipinski definition) is 6. The van der Waals surface area contributed by atoms with Gasteiger partial charge in [0.1, 0.15) is 5.84 Å². The summed E-state index contributed by atoms with van der Waals surface area (Å²) in [5.41, 5.74) is 10.6. The summed E-state index contributed by atoms with van der Waals surface area (Å²) in [6, 6.07) is 18.6. The number of hydrazine groups is 1. The normalized spacial score (nSPS) is 10.9. The van der Waals surface area contributed by atoms with E-state index < -0.39 is 22.0 Å². The van der Waals surface area contributed by atoms with Crippen molar-refractivity contribution >= 4 is 39.2 Å². The summed E-state index contributed by atoms with van der Waals surface area (Å²) < 4.78 is 23.8. The van der Waals surface area contributed by atoms with Crippen LogP contribution >= 0.6 is 0 Å². The van der Waals surface area contributed by atoms with Crippen LogP contribution < -0.4 is 21.6 Å². The molecule has 2 amide bonds. The molecule has 3 aromatic rings. The lowest BCUT2D eigenvalue weighted by atomic mass is 10.1. The number of nitrogen functional groups attached to an aromatic ring is 1. The minimum Gasteiger partial charge on any atom is -0.481 e. The molecule has 0 atom stereocenters. The molecule has 8 N–H and O–H groups in total. The number of carboxylic acid groups (broad SMARTS) is 1. The maximum absolute atomic E-state index is 12.9. The van der Waals surface area contributed by atoms with Crippen molar-refractivity contribution in [2.45, 2.75) is 11.3 Å². The van der Waals surface area contributed by atoms with Crippen LogP contribution in [-0.2, 0) is 14.8 Å². The zero-order valence-electron chi connectivity index (χ0n) is 18.4. The zero-order chi connectivity index (χ0) is 25.6. The van der Waals surface area contributed by atoms with Crippen LogP contribution in [-0.4, -0.2) is 42.9 Å². The first-order chi connectivity index (χ1) is 16.5. The van der Waals surface area contributed by atoms with E-state index in [4.69, 9.17) is 21.4 Å². The van der Waals surface area contributed by atoms with Gasteiger partial charge < -0.3 is 16.2 Å². The van der Waals surface area contributed by atoms with Gasteiger partial charge in [-0.15, -0.1) is 0 Å². The molecule has 3 aromatic carbocycles. The molecule has 35 heavy (non-hydrogen) atoms. The molecule has 0 bridgehead atoms.